The normalized spacial score (nSPS) is 12.2. The van der Waals surface area contributed by atoms with Crippen LogP contribution in [0.4, 0.5) is 0 Å². The number of benzene rings is 1. The Labute approximate surface area is 146 Å². The highest BCUT2D eigenvalue weighted by Gasteiger charge is 2.16. The number of carbonyl (C=O) groups is 1. The van der Waals surface area contributed by atoms with Gasteiger partial charge in [0.15, 0.2) is 5.65 Å². The standard InChI is InChI=1S/C19H22N4O2/c1-5-25-18-9-8-17-21-16(11-23(17)22-18)19(24)20-14(4)15-7-6-12(2)10-13(15)3/h6-11,14H,5H2,1-4H3,(H,20,24). The average Bonchev–Trinajstić information content (AvgIpc) is 2.98. The van der Waals surface area contributed by atoms with Crippen LogP contribution in [0.3, 0.4) is 0 Å². The van der Waals surface area contributed by atoms with E-state index in [4.69, 9.17) is 4.74 Å². The molecule has 1 atom stereocenters. The van der Waals surface area contributed by atoms with E-state index in [-0.39, 0.29) is 11.9 Å². The second kappa shape index (κ2) is 6.93. The van der Waals surface area contributed by atoms with Gasteiger partial charge in [-0.25, -0.2) is 9.50 Å². The van der Waals surface area contributed by atoms with Gasteiger partial charge in [0.05, 0.1) is 18.8 Å². The molecule has 6 nitrogen and oxygen atoms in total. The maximum atomic E-state index is 12.5. The number of aryl methyl sites for hydroxylation is 2. The first-order valence-corrected chi connectivity index (χ1v) is 8.35. The minimum atomic E-state index is -0.226. The number of hydrogen-bond donors (Lipinski definition) is 1. The number of nitrogens with zero attached hydrogens (tertiary/aromatic N) is 3. The molecule has 2 aromatic heterocycles. The minimum Gasteiger partial charge on any atom is -0.477 e. The zero-order valence-corrected chi connectivity index (χ0v) is 14.9. The molecule has 1 N–H and O–H groups in total. The molecule has 130 valence electrons. The number of fused-ring (bicyclic) bond motifs is 1. The molecule has 0 spiro atoms. The van der Waals surface area contributed by atoms with Crippen molar-refractivity contribution in [3.8, 4) is 5.88 Å². The third kappa shape index (κ3) is 3.63. The van der Waals surface area contributed by atoms with Gasteiger partial charge >= 0.3 is 0 Å². The van der Waals surface area contributed by atoms with Crippen molar-refractivity contribution >= 4 is 11.6 Å². The van der Waals surface area contributed by atoms with Crippen molar-refractivity contribution in [3.63, 3.8) is 0 Å². The number of ether oxygens (including phenoxy) is 1. The fourth-order valence-electron chi connectivity index (χ4n) is 2.86. The summed E-state index contributed by atoms with van der Waals surface area (Å²) in [6, 6.07) is 9.63. The number of hydrogen-bond acceptors (Lipinski definition) is 4. The van der Waals surface area contributed by atoms with E-state index in [0.717, 1.165) is 11.1 Å². The molecule has 1 aromatic carbocycles. The minimum absolute atomic E-state index is 0.107. The van der Waals surface area contributed by atoms with E-state index >= 15 is 0 Å². The first-order valence-electron chi connectivity index (χ1n) is 8.35. The Hall–Kier alpha value is -2.89. The van der Waals surface area contributed by atoms with Gasteiger partial charge in [0.1, 0.15) is 5.69 Å². The van der Waals surface area contributed by atoms with E-state index in [9.17, 15) is 4.79 Å². The fourth-order valence-corrected chi connectivity index (χ4v) is 2.86. The number of rotatable bonds is 5. The summed E-state index contributed by atoms with van der Waals surface area (Å²) in [5.41, 5.74) is 4.40. The number of aromatic nitrogens is 3. The average molecular weight is 338 g/mol. The molecule has 1 amide bonds. The summed E-state index contributed by atoms with van der Waals surface area (Å²) in [5, 5.41) is 7.28. The van der Waals surface area contributed by atoms with Gasteiger partial charge in [0.25, 0.3) is 5.91 Å². The van der Waals surface area contributed by atoms with Crippen molar-refractivity contribution in [2.24, 2.45) is 0 Å². The Morgan fingerprint density at radius 1 is 1.28 bits per heavy atom. The SMILES string of the molecule is CCOc1ccc2nc(C(=O)NC(C)c3ccc(C)cc3C)cn2n1. The lowest BCUT2D eigenvalue weighted by Gasteiger charge is -2.16. The second-order valence-corrected chi connectivity index (χ2v) is 6.09. The highest BCUT2D eigenvalue weighted by atomic mass is 16.5. The molecule has 6 heteroatoms. The summed E-state index contributed by atoms with van der Waals surface area (Å²) >= 11 is 0. The van der Waals surface area contributed by atoms with Gasteiger partial charge in [-0.1, -0.05) is 23.8 Å². The molecule has 25 heavy (non-hydrogen) atoms. The lowest BCUT2D eigenvalue weighted by Crippen LogP contribution is -2.27. The largest absolute Gasteiger partial charge is 0.477 e. The van der Waals surface area contributed by atoms with Crippen LogP contribution in [0.1, 0.15) is 47.1 Å². The van der Waals surface area contributed by atoms with Crippen LogP contribution in [0.2, 0.25) is 0 Å². The third-order valence-corrected chi connectivity index (χ3v) is 4.06. The summed E-state index contributed by atoms with van der Waals surface area (Å²) in [6.07, 6.45) is 1.61. The van der Waals surface area contributed by atoms with Crippen molar-refractivity contribution in [1.29, 1.82) is 0 Å². The van der Waals surface area contributed by atoms with Crippen LogP contribution >= 0.6 is 0 Å². The van der Waals surface area contributed by atoms with Gasteiger partial charge in [-0.2, -0.15) is 0 Å². The highest BCUT2D eigenvalue weighted by molar-refractivity contribution is 5.93. The van der Waals surface area contributed by atoms with Crippen LogP contribution in [0.5, 0.6) is 5.88 Å². The third-order valence-electron chi connectivity index (χ3n) is 4.06. The molecule has 0 saturated heterocycles. The van der Waals surface area contributed by atoms with Gasteiger partial charge in [0.2, 0.25) is 5.88 Å². The van der Waals surface area contributed by atoms with Crippen molar-refractivity contribution in [2.75, 3.05) is 6.61 Å². The molecular weight excluding hydrogens is 316 g/mol. The molecule has 0 aliphatic carbocycles. The highest BCUT2D eigenvalue weighted by Crippen LogP contribution is 2.19. The first-order chi connectivity index (χ1) is 12.0. The summed E-state index contributed by atoms with van der Waals surface area (Å²) in [5.74, 6) is 0.277. The van der Waals surface area contributed by atoms with Crippen molar-refractivity contribution in [1.82, 2.24) is 19.9 Å². The lowest BCUT2D eigenvalue weighted by atomic mass is 10.0. The van der Waals surface area contributed by atoms with Gasteiger partial charge in [-0.05, 0) is 44.9 Å². The molecule has 3 aromatic rings. The van der Waals surface area contributed by atoms with Crippen molar-refractivity contribution in [2.45, 2.75) is 33.7 Å². The van der Waals surface area contributed by atoms with Crippen molar-refractivity contribution in [3.05, 3.63) is 58.9 Å². The topological polar surface area (TPSA) is 68.5 Å². The van der Waals surface area contributed by atoms with E-state index in [2.05, 4.69) is 47.4 Å². The molecule has 0 fully saturated rings. The van der Waals surface area contributed by atoms with E-state index in [1.165, 1.54) is 5.56 Å². The monoisotopic (exact) mass is 338 g/mol. The number of amides is 1. The molecule has 0 radical (unpaired) electrons. The van der Waals surface area contributed by atoms with Crippen LogP contribution in [-0.4, -0.2) is 27.1 Å². The zero-order valence-electron chi connectivity index (χ0n) is 14.9. The molecule has 0 saturated carbocycles. The van der Waals surface area contributed by atoms with Crippen LogP contribution in [-0.2, 0) is 0 Å². The van der Waals surface area contributed by atoms with E-state index in [1.807, 2.05) is 13.8 Å². The first kappa shape index (κ1) is 17.0. The Bertz CT molecular complexity index is 917. The maximum absolute atomic E-state index is 12.5. The number of carbonyl (C=O) groups excluding carboxylic acids is 1. The van der Waals surface area contributed by atoms with Crippen molar-refractivity contribution < 1.29 is 9.53 Å². The van der Waals surface area contributed by atoms with Crippen LogP contribution in [0, 0.1) is 13.8 Å². The maximum Gasteiger partial charge on any atom is 0.272 e. The van der Waals surface area contributed by atoms with Gasteiger partial charge in [-0.15, -0.1) is 5.10 Å². The number of imidazole rings is 1. The second-order valence-electron chi connectivity index (χ2n) is 6.09. The van der Waals surface area contributed by atoms with Gasteiger partial charge < -0.3 is 10.1 Å². The Morgan fingerprint density at radius 2 is 2.08 bits per heavy atom. The molecular formula is C19H22N4O2. The molecule has 2 heterocycles. The summed E-state index contributed by atoms with van der Waals surface area (Å²) in [7, 11) is 0. The lowest BCUT2D eigenvalue weighted by molar-refractivity contribution is 0.0935. The quantitative estimate of drug-likeness (QED) is 0.775. The predicted molar refractivity (Wildman–Crippen MR) is 96.0 cm³/mol. The van der Waals surface area contributed by atoms with E-state index in [1.54, 1.807) is 22.8 Å². The molecule has 3 rings (SSSR count). The number of nitrogens with one attached hydrogen (secondary N) is 1. The van der Waals surface area contributed by atoms with E-state index < -0.39 is 0 Å². The molecule has 1 unspecified atom stereocenters. The van der Waals surface area contributed by atoms with Crippen LogP contribution in [0.25, 0.3) is 5.65 Å². The summed E-state index contributed by atoms with van der Waals surface area (Å²) in [6.45, 7) is 8.51. The summed E-state index contributed by atoms with van der Waals surface area (Å²) in [4.78, 5) is 16.9. The Balaban J connectivity index is 1.79. The zero-order chi connectivity index (χ0) is 18.0. The molecule has 0 aliphatic heterocycles. The molecule has 0 bridgehead atoms. The fraction of sp³-hybridized carbons (Fsp3) is 0.316. The van der Waals surface area contributed by atoms with Gasteiger partial charge in [0, 0.05) is 6.07 Å². The van der Waals surface area contributed by atoms with E-state index in [0.29, 0.717) is 23.8 Å². The Morgan fingerprint density at radius 3 is 2.80 bits per heavy atom. The van der Waals surface area contributed by atoms with Gasteiger partial charge in [-0.3, -0.25) is 4.79 Å². The Kier molecular flexibility index (Phi) is 4.70. The van der Waals surface area contributed by atoms with Crippen LogP contribution < -0.4 is 10.1 Å². The predicted octanol–water partition coefficient (Wildman–Crippen LogP) is 3.24. The smallest absolute Gasteiger partial charge is 0.272 e. The summed E-state index contributed by atoms with van der Waals surface area (Å²) < 4.78 is 6.93. The molecule has 0 aliphatic rings. The van der Waals surface area contributed by atoms with Crippen LogP contribution in [0.15, 0.2) is 36.5 Å².